The molecule has 0 radical (unpaired) electrons. The maximum absolute atomic E-state index is 12.4. The highest BCUT2D eigenvalue weighted by Crippen LogP contribution is 2.19. The molecule has 1 saturated heterocycles. The van der Waals surface area contributed by atoms with E-state index >= 15 is 0 Å². The third-order valence-electron chi connectivity index (χ3n) is 3.37. The number of hydrogen-bond acceptors (Lipinski definition) is 4. The molecule has 0 aliphatic carbocycles. The Bertz CT molecular complexity index is 258. The Balaban J connectivity index is 2.71. The van der Waals surface area contributed by atoms with E-state index < -0.39 is 0 Å². The van der Waals surface area contributed by atoms with Crippen molar-refractivity contribution in [2.24, 2.45) is 17.6 Å². The fourth-order valence-corrected chi connectivity index (χ4v) is 2.11. The summed E-state index contributed by atoms with van der Waals surface area (Å²) >= 11 is 0. The van der Waals surface area contributed by atoms with Gasteiger partial charge in [-0.15, -0.1) is 0 Å². The van der Waals surface area contributed by atoms with E-state index in [0.717, 1.165) is 0 Å². The minimum atomic E-state index is -0.263. The molecule has 0 bridgehead atoms. The van der Waals surface area contributed by atoms with Crippen molar-refractivity contribution in [1.29, 1.82) is 0 Å². The Morgan fingerprint density at radius 3 is 2.71 bits per heavy atom. The highest BCUT2D eigenvalue weighted by atomic mass is 16.5. The molecule has 1 heterocycles. The molecule has 5 nitrogen and oxygen atoms in total. The lowest BCUT2D eigenvalue weighted by Gasteiger charge is -2.39. The Morgan fingerprint density at radius 1 is 1.59 bits per heavy atom. The van der Waals surface area contributed by atoms with Gasteiger partial charge in [-0.1, -0.05) is 13.8 Å². The molecule has 1 aliphatic heterocycles. The molecule has 5 heteroatoms. The average molecular weight is 244 g/mol. The Hall–Kier alpha value is -0.650. The van der Waals surface area contributed by atoms with Gasteiger partial charge in [0.1, 0.15) is 0 Å². The maximum atomic E-state index is 12.4. The molecule has 100 valence electrons. The number of morpholine rings is 1. The SMILES string of the molecule is CC(C)C(CN)C(=O)N1CC(CO)OCC1C. The molecule has 0 spiro atoms. The Labute approximate surface area is 103 Å². The van der Waals surface area contributed by atoms with Crippen LogP contribution in [0.2, 0.25) is 0 Å². The van der Waals surface area contributed by atoms with Crippen molar-refractivity contribution in [3.63, 3.8) is 0 Å². The largest absolute Gasteiger partial charge is 0.394 e. The number of hydrogen-bond donors (Lipinski definition) is 2. The van der Waals surface area contributed by atoms with E-state index in [1.807, 2.05) is 20.8 Å². The van der Waals surface area contributed by atoms with Crippen LogP contribution in [0, 0.1) is 11.8 Å². The summed E-state index contributed by atoms with van der Waals surface area (Å²) in [5.41, 5.74) is 5.67. The van der Waals surface area contributed by atoms with E-state index in [4.69, 9.17) is 15.6 Å². The monoisotopic (exact) mass is 244 g/mol. The fraction of sp³-hybridized carbons (Fsp3) is 0.917. The van der Waals surface area contributed by atoms with Crippen molar-refractivity contribution in [3.8, 4) is 0 Å². The van der Waals surface area contributed by atoms with E-state index in [2.05, 4.69) is 0 Å². The topological polar surface area (TPSA) is 75.8 Å². The number of ether oxygens (including phenoxy) is 1. The highest BCUT2D eigenvalue weighted by Gasteiger charge is 2.33. The molecule has 0 saturated carbocycles. The van der Waals surface area contributed by atoms with Crippen molar-refractivity contribution in [2.75, 3.05) is 26.3 Å². The van der Waals surface area contributed by atoms with Crippen LogP contribution in [0.25, 0.3) is 0 Å². The molecule has 0 aromatic heterocycles. The van der Waals surface area contributed by atoms with Crippen LogP contribution in [-0.4, -0.2) is 54.4 Å². The summed E-state index contributed by atoms with van der Waals surface area (Å²) < 4.78 is 5.42. The van der Waals surface area contributed by atoms with Gasteiger partial charge in [0.2, 0.25) is 5.91 Å². The normalized spacial score (nSPS) is 27.3. The summed E-state index contributed by atoms with van der Waals surface area (Å²) in [4.78, 5) is 14.1. The van der Waals surface area contributed by atoms with Gasteiger partial charge in [0.15, 0.2) is 0 Å². The zero-order valence-corrected chi connectivity index (χ0v) is 10.9. The van der Waals surface area contributed by atoms with Crippen molar-refractivity contribution in [3.05, 3.63) is 0 Å². The predicted octanol–water partition coefficient (Wildman–Crippen LogP) is -0.174. The molecule has 3 unspecified atom stereocenters. The molecule has 3 atom stereocenters. The summed E-state index contributed by atoms with van der Waals surface area (Å²) in [5, 5.41) is 9.09. The number of aliphatic hydroxyl groups is 1. The van der Waals surface area contributed by atoms with Gasteiger partial charge < -0.3 is 20.5 Å². The maximum Gasteiger partial charge on any atom is 0.227 e. The lowest BCUT2D eigenvalue weighted by Crippen LogP contribution is -2.55. The molecule has 0 aromatic carbocycles. The van der Waals surface area contributed by atoms with Gasteiger partial charge in [0.25, 0.3) is 0 Å². The summed E-state index contributed by atoms with van der Waals surface area (Å²) in [5.74, 6) is 0.168. The third-order valence-corrected chi connectivity index (χ3v) is 3.37. The van der Waals surface area contributed by atoms with Gasteiger partial charge in [-0.3, -0.25) is 4.79 Å². The van der Waals surface area contributed by atoms with E-state index in [-0.39, 0.29) is 36.5 Å². The van der Waals surface area contributed by atoms with E-state index in [0.29, 0.717) is 19.7 Å². The fourth-order valence-electron chi connectivity index (χ4n) is 2.11. The molecule has 1 rings (SSSR count). The van der Waals surface area contributed by atoms with Crippen LogP contribution < -0.4 is 5.73 Å². The van der Waals surface area contributed by atoms with Crippen LogP contribution in [0.1, 0.15) is 20.8 Å². The van der Waals surface area contributed by atoms with Gasteiger partial charge >= 0.3 is 0 Å². The molecule has 0 aromatic rings. The Morgan fingerprint density at radius 2 is 2.24 bits per heavy atom. The number of rotatable bonds is 4. The Kier molecular flexibility index (Phi) is 5.36. The number of carbonyl (C=O) groups is 1. The molecule has 17 heavy (non-hydrogen) atoms. The minimum absolute atomic E-state index is 0.0501. The number of nitrogens with zero attached hydrogens (tertiary/aromatic N) is 1. The van der Waals surface area contributed by atoms with E-state index in [1.165, 1.54) is 0 Å². The van der Waals surface area contributed by atoms with Crippen molar-refractivity contribution >= 4 is 5.91 Å². The first-order chi connectivity index (χ1) is 8.01. The second kappa shape index (κ2) is 6.33. The van der Waals surface area contributed by atoms with Gasteiger partial charge in [0.05, 0.1) is 31.3 Å². The minimum Gasteiger partial charge on any atom is -0.394 e. The summed E-state index contributed by atoms with van der Waals surface area (Å²) in [6.07, 6.45) is -0.263. The van der Waals surface area contributed by atoms with Crippen LogP contribution in [0.15, 0.2) is 0 Å². The van der Waals surface area contributed by atoms with Crippen LogP contribution in [0.5, 0.6) is 0 Å². The van der Waals surface area contributed by atoms with Crippen molar-refractivity contribution in [1.82, 2.24) is 4.90 Å². The standard InChI is InChI=1S/C12H24N2O3/c1-8(2)11(4-13)12(16)14-5-10(6-15)17-7-9(14)3/h8-11,15H,4-7,13H2,1-3H3. The van der Waals surface area contributed by atoms with E-state index in [9.17, 15) is 4.79 Å². The summed E-state index contributed by atoms with van der Waals surface area (Å²) in [7, 11) is 0. The van der Waals surface area contributed by atoms with Crippen LogP contribution in [0.3, 0.4) is 0 Å². The first-order valence-electron chi connectivity index (χ1n) is 6.24. The molecule has 3 N–H and O–H groups in total. The number of nitrogens with two attached hydrogens (primary N) is 1. The van der Waals surface area contributed by atoms with Gasteiger partial charge in [0, 0.05) is 13.1 Å². The highest BCUT2D eigenvalue weighted by molar-refractivity contribution is 5.79. The molecule has 1 amide bonds. The average Bonchev–Trinajstić information content (AvgIpc) is 2.30. The zero-order chi connectivity index (χ0) is 13.0. The number of aliphatic hydroxyl groups excluding tert-OH is 1. The van der Waals surface area contributed by atoms with Crippen LogP contribution >= 0.6 is 0 Å². The summed E-state index contributed by atoms with van der Waals surface area (Å²) in [6.45, 7) is 7.22. The number of amides is 1. The quantitative estimate of drug-likeness (QED) is 0.719. The lowest BCUT2D eigenvalue weighted by molar-refractivity contribution is -0.151. The number of carbonyl (C=O) groups excluding carboxylic acids is 1. The first-order valence-corrected chi connectivity index (χ1v) is 6.24. The molecular formula is C12H24N2O3. The molecular weight excluding hydrogens is 220 g/mol. The van der Waals surface area contributed by atoms with Crippen LogP contribution in [-0.2, 0) is 9.53 Å². The van der Waals surface area contributed by atoms with Crippen molar-refractivity contribution < 1.29 is 14.6 Å². The second-order valence-electron chi connectivity index (χ2n) is 5.06. The summed E-state index contributed by atoms with van der Waals surface area (Å²) in [6, 6.07) is 0.0538. The van der Waals surface area contributed by atoms with Crippen molar-refractivity contribution in [2.45, 2.75) is 32.9 Å². The zero-order valence-electron chi connectivity index (χ0n) is 10.9. The second-order valence-corrected chi connectivity index (χ2v) is 5.06. The lowest BCUT2D eigenvalue weighted by atomic mass is 9.93. The third kappa shape index (κ3) is 3.40. The predicted molar refractivity (Wildman–Crippen MR) is 65.4 cm³/mol. The van der Waals surface area contributed by atoms with Gasteiger partial charge in [-0.2, -0.15) is 0 Å². The first kappa shape index (κ1) is 14.4. The van der Waals surface area contributed by atoms with Gasteiger partial charge in [-0.05, 0) is 12.8 Å². The molecule has 1 fully saturated rings. The van der Waals surface area contributed by atoms with Crippen LogP contribution in [0.4, 0.5) is 0 Å². The molecule has 1 aliphatic rings. The van der Waals surface area contributed by atoms with Gasteiger partial charge in [-0.25, -0.2) is 0 Å². The smallest absolute Gasteiger partial charge is 0.227 e. The van der Waals surface area contributed by atoms with E-state index in [1.54, 1.807) is 4.90 Å².